The van der Waals surface area contributed by atoms with Gasteiger partial charge in [0.25, 0.3) is 5.91 Å². The number of ketones is 1. The van der Waals surface area contributed by atoms with Gasteiger partial charge < -0.3 is 15.3 Å². The van der Waals surface area contributed by atoms with E-state index in [1.165, 1.54) is 6.92 Å². The van der Waals surface area contributed by atoms with Crippen molar-refractivity contribution in [2.75, 3.05) is 39.8 Å². The predicted molar refractivity (Wildman–Crippen MR) is 159 cm³/mol. The zero-order chi connectivity index (χ0) is 33.2. The van der Waals surface area contributed by atoms with Gasteiger partial charge in [-0.3, -0.25) is 19.3 Å². The van der Waals surface area contributed by atoms with Crippen LogP contribution in [-0.2, 0) is 9.59 Å². The molecule has 5 aliphatic rings. The Morgan fingerprint density at radius 2 is 1.67 bits per heavy atom. The molecule has 0 bridgehead atoms. The standard InChI is InChI=1S/C34H40F5N3O4/c1-31-18-26(20-3-5-21(6-4-20)30(45)42-15-13-41(14-16-42)19-28(44)40-2)29-24-10-8-23(43)17-22(24)7-9-25(29)27(31)11-12-32(31,46)33(35,36)34(37,38)39/h3-6,17,25-27,46H,7-16,18-19H2,1-2H3,(H,40,44)/t25?,26-,27+,31?,32+/m1/s1. The maximum absolute atomic E-state index is 15.2. The smallest absolute Gasteiger partial charge is 0.383 e. The maximum atomic E-state index is 15.2. The van der Waals surface area contributed by atoms with Gasteiger partial charge in [-0.1, -0.05) is 24.6 Å². The largest absolute Gasteiger partial charge is 0.456 e. The zero-order valence-electron chi connectivity index (χ0n) is 26.1. The lowest BCUT2D eigenvalue weighted by molar-refractivity contribution is -0.362. The third kappa shape index (κ3) is 5.10. The van der Waals surface area contributed by atoms with Crippen LogP contribution in [0, 0.1) is 17.3 Å². The third-order valence-electron chi connectivity index (χ3n) is 11.6. The van der Waals surface area contributed by atoms with Crippen LogP contribution in [0.5, 0.6) is 0 Å². The van der Waals surface area contributed by atoms with Gasteiger partial charge in [0.1, 0.15) is 5.60 Å². The molecule has 1 aromatic rings. The molecule has 1 saturated heterocycles. The summed E-state index contributed by atoms with van der Waals surface area (Å²) in [4.78, 5) is 41.0. The number of allylic oxidation sites excluding steroid dienone is 4. The number of likely N-dealkylation sites (N-methyl/N-ethyl adjacent to an activating group) is 1. The number of halogens is 5. The molecule has 1 aliphatic heterocycles. The lowest BCUT2D eigenvalue weighted by Crippen LogP contribution is -2.65. The molecule has 3 fully saturated rings. The summed E-state index contributed by atoms with van der Waals surface area (Å²) in [6.45, 7) is 3.62. The highest BCUT2D eigenvalue weighted by Gasteiger charge is 2.79. The van der Waals surface area contributed by atoms with Crippen molar-refractivity contribution >= 4 is 17.6 Å². The van der Waals surface area contributed by atoms with Crippen LogP contribution >= 0.6 is 0 Å². The SMILES string of the molecule is CNC(=O)CN1CCN(C(=O)c2ccc([C@H]3CC4(C)[C@@H](CC[C@@]4(O)C(F)(F)C(F)(F)F)C4CCC5=CC(=O)CCC5=C43)cc2)CC1. The zero-order valence-corrected chi connectivity index (χ0v) is 26.1. The molecule has 2 amide bonds. The number of benzene rings is 1. The molecular weight excluding hydrogens is 609 g/mol. The van der Waals surface area contributed by atoms with Crippen LogP contribution in [-0.4, -0.2) is 90.0 Å². The van der Waals surface area contributed by atoms with E-state index in [1.807, 2.05) is 4.90 Å². The van der Waals surface area contributed by atoms with Crippen LogP contribution in [0.2, 0.25) is 0 Å². The van der Waals surface area contributed by atoms with Crippen LogP contribution in [0.15, 0.2) is 47.1 Å². The Morgan fingerprint density at radius 1 is 1.00 bits per heavy atom. The second kappa shape index (κ2) is 11.5. The minimum Gasteiger partial charge on any atom is -0.383 e. The molecule has 5 atom stereocenters. The summed E-state index contributed by atoms with van der Waals surface area (Å²) in [6.07, 6.45) is -3.15. The fourth-order valence-electron chi connectivity index (χ4n) is 9.15. The summed E-state index contributed by atoms with van der Waals surface area (Å²) in [7, 11) is 1.57. The van der Waals surface area contributed by atoms with Gasteiger partial charge in [-0.05, 0) is 85.3 Å². The first-order valence-corrected chi connectivity index (χ1v) is 16.1. The first-order valence-electron chi connectivity index (χ1n) is 16.1. The van der Waals surface area contributed by atoms with Crippen molar-refractivity contribution in [2.24, 2.45) is 17.3 Å². The molecule has 2 N–H and O–H groups in total. The number of rotatable bonds is 5. The van der Waals surface area contributed by atoms with E-state index in [0.29, 0.717) is 63.0 Å². The number of piperazine rings is 1. The summed E-state index contributed by atoms with van der Waals surface area (Å²) in [6, 6.07) is 6.82. The highest BCUT2D eigenvalue weighted by molar-refractivity contribution is 5.94. The number of fused-ring (bicyclic) bond motifs is 4. The second-order valence-electron chi connectivity index (χ2n) is 13.8. The molecule has 46 heavy (non-hydrogen) atoms. The van der Waals surface area contributed by atoms with E-state index >= 15 is 8.78 Å². The third-order valence-corrected chi connectivity index (χ3v) is 11.6. The number of hydrogen-bond acceptors (Lipinski definition) is 5. The van der Waals surface area contributed by atoms with Crippen LogP contribution < -0.4 is 5.32 Å². The normalized spacial score (nSPS) is 32.0. The van der Waals surface area contributed by atoms with Gasteiger partial charge in [0.05, 0.1) is 6.54 Å². The minimum atomic E-state index is -5.91. The molecule has 2 saturated carbocycles. The average molecular weight is 650 g/mol. The first-order chi connectivity index (χ1) is 21.6. The maximum Gasteiger partial charge on any atom is 0.456 e. The molecule has 12 heteroatoms. The van der Waals surface area contributed by atoms with E-state index in [9.17, 15) is 32.7 Å². The number of carbonyl (C=O) groups excluding carboxylic acids is 3. The lowest BCUT2D eigenvalue weighted by Gasteiger charge is -2.56. The Hall–Kier alpha value is -3.12. The first kappa shape index (κ1) is 32.8. The molecule has 2 unspecified atom stereocenters. The molecule has 4 aliphatic carbocycles. The molecule has 1 heterocycles. The van der Waals surface area contributed by atoms with E-state index in [2.05, 4.69) is 5.32 Å². The summed E-state index contributed by atoms with van der Waals surface area (Å²) < 4.78 is 71.9. The number of nitrogens with zero attached hydrogens (tertiary/aromatic N) is 2. The Balaban J connectivity index is 1.33. The minimum absolute atomic E-state index is 0.0207. The van der Waals surface area contributed by atoms with Crippen LogP contribution in [0.3, 0.4) is 0 Å². The van der Waals surface area contributed by atoms with E-state index in [0.717, 1.165) is 16.7 Å². The van der Waals surface area contributed by atoms with Crippen molar-refractivity contribution in [3.8, 4) is 0 Å². The Morgan fingerprint density at radius 3 is 2.30 bits per heavy atom. The molecule has 0 aromatic heterocycles. The van der Waals surface area contributed by atoms with E-state index in [1.54, 1.807) is 42.3 Å². The number of carbonyl (C=O) groups is 3. The van der Waals surface area contributed by atoms with Crippen molar-refractivity contribution in [3.63, 3.8) is 0 Å². The topological polar surface area (TPSA) is 90.0 Å². The van der Waals surface area contributed by atoms with Crippen LogP contribution in [0.25, 0.3) is 0 Å². The van der Waals surface area contributed by atoms with Crippen LogP contribution in [0.1, 0.15) is 73.7 Å². The Labute approximate surface area is 264 Å². The molecule has 6 rings (SSSR count). The predicted octanol–water partition coefficient (Wildman–Crippen LogP) is 5.02. The molecule has 250 valence electrons. The number of aliphatic hydroxyl groups is 1. The van der Waals surface area contributed by atoms with Crippen molar-refractivity contribution in [2.45, 2.75) is 75.5 Å². The summed E-state index contributed by atoms with van der Waals surface area (Å²) >= 11 is 0. The van der Waals surface area contributed by atoms with Crippen molar-refractivity contribution in [3.05, 3.63) is 58.2 Å². The number of nitrogens with one attached hydrogen (secondary N) is 1. The number of alkyl halides is 5. The van der Waals surface area contributed by atoms with E-state index in [4.69, 9.17) is 0 Å². The van der Waals surface area contributed by atoms with Gasteiger partial charge >= 0.3 is 12.1 Å². The van der Waals surface area contributed by atoms with Gasteiger partial charge in [0.2, 0.25) is 5.91 Å². The van der Waals surface area contributed by atoms with Gasteiger partial charge in [-0.2, -0.15) is 22.0 Å². The van der Waals surface area contributed by atoms with Crippen molar-refractivity contribution in [1.82, 2.24) is 15.1 Å². The average Bonchev–Trinajstić information content (AvgIpc) is 3.31. The molecule has 0 spiro atoms. The van der Waals surface area contributed by atoms with Crippen LogP contribution in [0.4, 0.5) is 22.0 Å². The van der Waals surface area contributed by atoms with Crippen molar-refractivity contribution < 1.29 is 41.4 Å². The number of hydrogen-bond donors (Lipinski definition) is 2. The summed E-state index contributed by atoms with van der Waals surface area (Å²) in [5.41, 5.74) is -1.01. The highest BCUT2D eigenvalue weighted by atomic mass is 19.4. The lowest BCUT2D eigenvalue weighted by atomic mass is 9.50. The number of amides is 2. The van der Waals surface area contributed by atoms with Gasteiger partial charge in [0.15, 0.2) is 5.78 Å². The molecule has 0 radical (unpaired) electrons. The molecule has 7 nitrogen and oxygen atoms in total. The Kier molecular flexibility index (Phi) is 8.23. The van der Waals surface area contributed by atoms with E-state index < -0.39 is 41.4 Å². The van der Waals surface area contributed by atoms with Gasteiger partial charge in [0, 0.05) is 56.5 Å². The van der Waals surface area contributed by atoms with E-state index in [-0.39, 0.29) is 42.9 Å². The fourth-order valence-corrected chi connectivity index (χ4v) is 9.15. The van der Waals surface area contributed by atoms with Gasteiger partial charge in [-0.25, -0.2) is 0 Å². The molecule has 1 aromatic carbocycles. The van der Waals surface area contributed by atoms with Crippen molar-refractivity contribution in [1.29, 1.82) is 0 Å². The fraction of sp³-hybridized carbons (Fsp3) is 0.618. The molecular formula is C34H40F5N3O4. The quantitative estimate of drug-likeness (QED) is 0.438. The summed E-state index contributed by atoms with van der Waals surface area (Å²) in [5, 5.41) is 14.0. The monoisotopic (exact) mass is 649 g/mol. The highest BCUT2D eigenvalue weighted by Crippen LogP contribution is 2.70. The van der Waals surface area contributed by atoms with Gasteiger partial charge in [-0.15, -0.1) is 0 Å². The second-order valence-corrected chi connectivity index (χ2v) is 13.8. The summed E-state index contributed by atoms with van der Waals surface area (Å²) in [5.74, 6) is -7.02. The Bertz CT molecular complexity index is 1480.